The summed E-state index contributed by atoms with van der Waals surface area (Å²) in [5.74, 6) is -0.601. The van der Waals surface area contributed by atoms with Crippen LogP contribution in [0.5, 0.6) is 0 Å². The van der Waals surface area contributed by atoms with E-state index in [2.05, 4.69) is 10.1 Å². The smallest absolute Gasteiger partial charge is 0.293 e. The Morgan fingerprint density at radius 2 is 1.69 bits per heavy atom. The zero-order valence-corrected chi connectivity index (χ0v) is 8.73. The summed E-state index contributed by atoms with van der Waals surface area (Å²) in [4.78, 5) is 31.1. The quantitative estimate of drug-likeness (QED) is 0.590. The molecule has 1 N–H and O–H groups in total. The van der Waals surface area contributed by atoms with Gasteiger partial charge in [0.2, 0.25) is 0 Å². The van der Waals surface area contributed by atoms with Crippen LogP contribution < -0.4 is 5.32 Å². The van der Waals surface area contributed by atoms with Crippen molar-refractivity contribution >= 4 is 18.3 Å². The number of nitrogens with one attached hydrogen (secondary N) is 1. The van der Waals surface area contributed by atoms with Crippen LogP contribution in [-0.4, -0.2) is 24.9 Å². The molecule has 0 unspecified atom stereocenters. The molecule has 1 heterocycles. The Morgan fingerprint density at radius 1 is 1.19 bits per heavy atom. The molecule has 2 rings (SSSR count). The Bertz CT molecular complexity index is 381. The van der Waals surface area contributed by atoms with Crippen molar-refractivity contribution in [1.82, 2.24) is 5.32 Å². The Hall–Kier alpha value is -2.17. The second kappa shape index (κ2) is 5.65. The van der Waals surface area contributed by atoms with Gasteiger partial charge in [-0.15, -0.1) is 0 Å². The summed E-state index contributed by atoms with van der Waals surface area (Å²) in [6.07, 6.45) is 0. The average molecular weight is 221 g/mol. The van der Waals surface area contributed by atoms with Crippen LogP contribution in [0.1, 0.15) is 27.6 Å². The minimum atomic E-state index is -0.300. The number of hydrogen-bond donors (Lipinski definition) is 1. The fourth-order valence-corrected chi connectivity index (χ4v) is 1.18. The lowest BCUT2D eigenvalue weighted by molar-refractivity contribution is -0.128. The van der Waals surface area contributed by atoms with E-state index in [4.69, 9.17) is 0 Å². The first-order valence-electron chi connectivity index (χ1n) is 4.70. The van der Waals surface area contributed by atoms with Gasteiger partial charge in [-0.25, -0.2) is 0 Å². The van der Waals surface area contributed by atoms with Gasteiger partial charge in [-0.1, -0.05) is 12.1 Å². The molecule has 0 atom stereocenters. The first-order valence-corrected chi connectivity index (χ1v) is 4.70. The summed E-state index contributed by atoms with van der Waals surface area (Å²) in [5.41, 5.74) is 0.940. The summed E-state index contributed by atoms with van der Waals surface area (Å²) >= 11 is 0. The highest BCUT2D eigenvalue weighted by atomic mass is 16.5. The molecule has 5 heteroatoms. The molecule has 1 aliphatic heterocycles. The zero-order chi connectivity index (χ0) is 12.0. The van der Waals surface area contributed by atoms with E-state index in [9.17, 15) is 14.4 Å². The van der Waals surface area contributed by atoms with Gasteiger partial charge >= 0.3 is 0 Å². The van der Waals surface area contributed by atoms with E-state index in [1.807, 2.05) is 0 Å². The average Bonchev–Trinajstić information content (AvgIpc) is 2.58. The van der Waals surface area contributed by atoms with Crippen LogP contribution >= 0.6 is 0 Å². The predicted octanol–water partition coefficient (Wildman–Crippen LogP) is 0.750. The Balaban J connectivity index is 0.000000221. The molecule has 1 aromatic rings. The number of amides is 2. The Kier molecular flexibility index (Phi) is 4.20. The second-order valence-electron chi connectivity index (χ2n) is 2.88. The largest absolute Gasteiger partial charge is 0.468 e. The van der Waals surface area contributed by atoms with Gasteiger partial charge in [0.1, 0.15) is 0 Å². The van der Waals surface area contributed by atoms with E-state index >= 15 is 0 Å². The van der Waals surface area contributed by atoms with Gasteiger partial charge in [-0.2, -0.15) is 0 Å². The molecule has 0 saturated carbocycles. The summed E-state index contributed by atoms with van der Waals surface area (Å²) in [5, 5.41) is 2.20. The van der Waals surface area contributed by atoms with Gasteiger partial charge in [0.15, 0.2) is 0 Å². The van der Waals surface area contributed by atoms with Crippen molar-refractivity contribution in [2.45, 2.75) is 6.92 Å². The lowest BCUT2D eigenvalue weighted by atomic mass is 10.1. The fourth-order valence-electron chi connectivity index (χ4n) is 1.18. The second-order valence-corrected chi connectivity index (χ2v) is 2.88. The maximum Gasteiger partial charge on any atom is 0.293 e. The number of fused-ring (bicyclic) bond motifs is 1. The summed E-state index contributed by atoms with van der Waals surface area (Å²) < 4.78 is 4.15. The van der Waals surface area contributed by atoms with Gasteiger partial charge in [0.05, 0.1) is 17.7 Å². The monoisotopic (exact) mass is 221 g/mol. The molecule has 0 aromatic heterocycles. The van der Waals surface area contributed by atoms with Crippen LogP contribution in [0.3, 0.4) is 0 Å². The molecular formula is C11H11NO4. The van der Waals surface area contributed by atoms with Crippen molar-refractivity contribution in [2.75, 3.05) is 6.61 Å². The molecule has 1 aliphatic rings. The van der Waals surface area contributed by atoms with E-state index in [0.29, 0.717) is 24.2 Å². The van der Waals surface area contributed by atoms with Gasteiger partial charge in [0, 0.05) is 0 Å². The minimum absolute atomic E-state index is 0.300. The molecule has 0 saturated heterocycles. The highest BCUT2D eigenvalue weighted by molar-refractivity contribution is 6.21. The molecule has 16 heavy (non-hydrogen) atoms. The zero-order valence-electron chi connectivity index (χ0n) is 8.73. The SMILES string of the molecule is CCOC=O.O=C1NC(=O)c2ccccc21. The third kappa shape index (κ3) is 2.66. The summed E-state index contributed by atoms with van der Waals surface area (Å²) in [7, 11) is 0. The van der Waals surface area contributed by atoms with Gasteiger partial charge in [-0.3, -0.25) is 19.7 Å². The third-order valence-corrected chi connectivity index (χ3v) is 1.88. The summed E-state index contributed by atoms with van der Waals surface area (Å²) in [6.45, 7) is 2.66. The Morgan fingerprint density at radius 3 is 2.00 bits per heavy atom. The van der Waals surface area contributed by atoms with E-state index in [0.717, 1.165) is 0 Å². The van der Waals surface area contributed by atoms with Gasteiger partial charge < -0.3 is 4.74 Å². The maximum atomic E-state index is 10.9. The van der Waals surface area contributed by atoms with Crippen LogP contribution in [0.2, 0.25) is 0 Å². The van der Waals surface area contributed by atoms with Gasteiger partial charge in [-0.05, 0) is 19.1 Å². The number of hydrogen-bond acceptors (Lipinski definition) is 4. The molecule has 0 spiro atoms. The van der Waals surface area contributed by atoms with Crippen LogP contribution in [0.25, 0.3) is 0 Å². The van der Waals surface area contributed by atoms with E-state index in [-0.39, 0.29) is 11.8 Å². The molecule has 0 fully saturated rings. The van der Waals surface area contributed by atoms with Crippen LogP contribution in [-0.2, 0) is 9.53 Å². The lowest BCUT2D eigenvalue weighted by Crippen LogP contribution is -2.19. The van der Waals surface area contributed by atoms with Crippen molar-refractivity contribution in [1.29, 1.82) is 0 Å². The molecular weight excluding hydrogens is 210 g/mol. The van der Waals surface area contributed by atoms with Crippen LogP contribution in [0.4, 0.5) is 0 Å². The molecule has 0 bridgehead atoms. The third-order valence-electron chi connectivity index (χ3n) is 1.88. The number of ether oxygens (including phenoxy) is 1. The van der Waals surface area contributed by atoms with Crippen molar-refractivity contribution in [3.63, 3.8) is 0 Å². The number of carbonyl (C=O) groups excluding carboxylic acids is 3. The summed E-state index contributed by atoms with van der Waals surface area (Å²) in [6, 6.07) is 6.74. The van der Waals surface area contributed by atoms with Crippen LogP contribution in [0.15, 0.2) is 24.3 Å². The fraction of sp³-hybridized carbons (Fsp3) is 0.182. The topological polar surface area (TPSA) is 72.5 Å². The molecule has 0 radical (unpaired) electrons. The van der Waals surface area contributed by atoms with Crippen molar-refractivity contribution in [3.8, 4) is 0 Å². The first kappa shape index (κ1) is 11.9. The maximum absolute atomic E-state index is 10.9. The van der Waals surface area contributed by atoms with Crippen molar-refractivity contribution in [3.05, 3.63) is 35.4 Å². The minimum Gasteiger partial charge on any atom is -0.468 e. The van der Waals surface area contributed by atoms with E-state index in [1.165, 1.54) is 0 Å². The van der Waals surface area contributed by atoms with Gasteiger partial charge in [0.25, 0.3) is 18.3 Å². The molecule has 0 aliphatic carbocycles. The number of rotatable bonds is 2. The normalized spacial score (nSPS) is 12.1. The van der Waals surface area contributed by atoms with E-state index < -0.39 is 0 Å². The number of benzene rings is 1. The standard InChI is InChI=1S/C8H5NO2.C3H6O2/c10-7-5-3-1-2-4-6(5)8(11)9-7;1-2-5-3-4/h1-4H,(H,9,10,11);3H,2H2,1H3. The molecule has 84 valence electrons. The lowest BCUT2D eigenvalue weighted by Gasteiger charge is -1.88. The first-order chi connectivity index (χ1) is 7.70. The predicted molar refractivity (Wildman–Crippen MR) is 55.9 cm³/mol. The van der Waals surface area contributed by atoms with E-state index in [1.54, 1.807) is 31.2 Å². The molecule has 1 aromatic carbocycles. The number of carbonyl (C=O) groups is 3. The Labute approximate surface area is 92.4 Å². The highest BCUT2D eigenvalue weighted by Gasteiger charge is 2.25. The molecule has 2 amide bonds. The van der Waals surface area contributed by atoms with Crippen molar-refractivity contribution < 1.29 is 19.1 Å². The number of imide groups is 1. The molecule has 5 nitrogen and oxygen atoms in total. The van der Waals surface area contributed by atoms with Crippen molar-refractivity contribution in [2.24, 2.45) is 0 Å². The van der Waals surface area contributed by atoms with Crippen LogP contribution in [0, 0.1) is 0 Å². The highest BCUT2D eigenvalue weighted by Crippen LogP contribution is 2.13.